The predicted octanol–water partition coefficient (Wildman–Crippen LogP) is 3.21. The SMILES string of the molecule is Cl.O=C(CC1CNCCO1)Nc1cc(Br)cc(C(F)(F)F)c1. The van der Waals surface area contributed by atoms with Gasteiger partial charge in [0.25, 0.3) is 0 Å². The lowest BCUT2D eigenvalue weighted by Crippen LogP contribution is -2.40. The molecule has 1 aliphatic rings. The molecule has 0 aromatic heterocycles. The normalized spacial score (nSPS) is 18.5. The summed E-state index contributed by atoms with van der Waals surface area (Å²) in [6.07, 6.45) is -4.62. The van der Waals surface area contributed by atoms with Crippen molar-refractivity contribution in [3.8, 4) is 0 Å². The lowest BCUT2D eigenvalue weighted by molar-refractivity contribution is -0.137. The Labute approximate surface area is 140 Å². The van der Waals surface area contributed by atoms with Crippen LogP contribution in [-0.2, 0) is 15.7 Å². The molecular formula is C13H15BrClF3N2O2. The number of hydrogen-bond donors (Lipinski definition) is 2. The predicted molar refractivity (Wildman–Crippen MR) is 82.2 cm³/mol. The van der Waals surface area contributed by atoms with Crippen LogP contribution < -0.4 is 10.6 Å². The van der Waals surface area contributed by atoms with Crippen molar-refractivity contribution in [2.45, 2.75) is 18.7 Å². The number of amides is 1. The van der Waals surface area contributed by atoms with E-state index >= 15 is 0 Å². The number of nitrogens with one attached hydrogen (secondary N) is 2. The van der Waals surface area contributed by atoms with E-state index in [-0.39, 0.29) is 41.0 Å². The number of alkyl halides is 3. The van der Waals surface area contributed by atoms with Crippen molar-refractivity contribution < 1.29 is 22.7 Å². The monoisotopic (exact) mass is 402 g/mol. The van der Waals surface area contributed by atoms with Gasteiger partial charge in [-0.15, -0.1) is 12.4 Å². The molecule has 1 aliphatic heterocycles. The highest BCUT2D eigenvalue weighted by Crippen LogP contribution is 2.33. The quantitative estimate of drug-likeness (QED) is 0.815. The minimum absolute atomic E-state index is 0. The Morgan fingerprint density at radius 2 is 2.14 bits per heavy atom. The molecular weight excluding hydrogens is 389 g/mol. The van der Waals surface area contributed by atoms with Crippen LogP contribution in [0.25, 0.3) is 0 Å². The largest absolute Gasteiger partial charge is 0.416 e. The van der Waals surface area contributed by atoms with Gasteiger partial charge in [-0.25, -0.2) is 0 Å². The fourth-order valence-corrected chi connectivity index (χ4v) is 2.49. The summed E-state index contributed by atoms with van der Waals surface area (Å²) in [5.74, 6) is -0.380. The van der Waals surface area contributed by atoms with E-state index in [0.29, 0.717) is 13.2 Å². The molecule has 1 atom stereocenters. The molecule has 0 aliphatic carbocycles. The number of morpholine rings is 1. The molecule has 4 nitrogen and oxygen atoms in total. The molecule has 1 fully saturated rings. The summed E-state index contributed by atoms with van der Waals surface area (Å²) in [4.78, 5) is 11.8. The third-order valence-electron chi connectivity index (χ3n) is 2.93. The van der Waals surface area contributed by atoms with Crippen LogP contribution in [0.1, 0.15) is 12.0 Å². The number of rotatable bonds is 3. The van der Waals surface area contributed by atoms with Crippen molar-refractivity contribution in [1.82, 2.24) is 5.32 Å². The molecule has 1 amide bonds. The van der Waals surface area contributed by atoms with Gasteiger partial charge in [0.2, 0.25) is 5.91 Å². The maximum atomic E-state index is 12.7. The zero-order chi connectivity index (χ0) is 15.5. The second-order valence-electron chi connectivity index (χ2n) is 4.68. The number of anilines is 1. The first-order chi connectivity index (χ1) is 9.84. The van der Waals surface area contributed by atoms with Gasteiger partial charge < -0.3 is 15.4 Å². The molecule has 1 saturated heterocycles. The Kier molecular flexibility index (Phi) is 7.11. The second kappa shape index (κ2) is 8.14. The maximum absolute atomic E-state index is 12.7. The molecule has 2 rings (SSSR count). The first-order valence-corrected chi connectivity index (χ1v) is 7.14. The highest BCUT2D eigenvalue weighted by Gasteiger charge is 2.31. The van der Waals surface area contributed by atoms with Crippen molar-refractivity contribution in [3.05, 3.63) is 28.2 Å². The molecule has 1 aromatic carbocycles. The van der Waals surface area contributed by atoms with Crippen molar-refractivity contribution >= 4 is 39.9 Å². The summed E-state index contributed by atoms with van der Waals surface area (Å²) in [7, 11) is 0. The van der Waals surface area contributed by atoms with Gasteiger partial charge in [-0.2, -0.15) is 13.2 Å². The van der Waals surface area contributed by atoms with Crippen LogP contribution in [-0.4, -0.2) is 31.7 Å². The Bertz CT molecular complexity index is 522. The summed E-state index contributed by atoms with van der Waals surface area (Å²) in [6, 6.07) is 3.29. The Morgan fingerprint density at radius 3 is 2.73 bits per heavy atom. The van der Waals surface area contributed by atoms with E-state index in [4.69, 9.17) is 4.74 Å². The molecule has 0 saturated carbocycles. The van der Waals surface area contributed by atoms with Gasteiger partial charge in [0, 0.05) is 23.2 Å². The molecule has 9 heteroatoms. The minimum atomic E-state index is -4.46. The number of benzene rings is 1. The van der Waals surface area contributed by atoms with Crippen LogP contribution in [0.15, 0.2) is 22.7 Å². The van der Waals surface area contributed by atoms with E-state index in [2.05, 4.69) is 26.6 Å². The third kappa shape index (κ3) is 5.75. The maximum Gasteiger partial charge on any atom is 0.416 e. The number of halogens is 5. The van der Waals surface area contributed by atoms with Gasteiger partial charge in [0.15, 0.2) is 0 Å². The number of ether oxygens (including phenoxy) is 1. The van der Waals surface area contributed by atoms with Gasteiger partial charge >= 0.3 is 6.18 Å². The first-order valence-electron chi connectivity index (χ1n) is 6.34. The van der Waals surface area contributed by atoms with Gasteiger partial charge in [-0.3, -0.25) is 4.79 Å². The van der Waals surface area contributed by atoms with Gasteiger partial charge in [-0.1, -0.05) is 15.9 Å². The Morgan fingerprint density at radius 1 is 1.41 bits per heavy atom. The Hall–Kier alpha value is -0.830. The van der Waals surface area contributed by atoms with Gasteiger partial charge in [0.1, 0.15) is 0 Å². The lowest BCUT2D eigenvalue weighted by Gasteiger charge is -2.23. The van der Waals surface area contributed by atoms with Crippen LogP contribution in [0.5, 0.6) is 0 Å². The van der Waals surface area contributed by atoms with Crippen molar-refractivity contribution in [2.75, 3.05) is 25.0 Å². The molecule has 0 bridgehead atoms. The smallest absolute Gasteiger partial charge is 0.375 e. The summed E-state index contributed by atoms with van der Waals surface area (Å²) in [5, 5.41) is 5.55. The number of carbonyl (C=O) groups excluding carboxylic acids is 1. The van der Waals surface area contributed by atoms with Crippen LogP contribution in [0, 0.1) is 0 Å². The number of hydrogen-bond acceptors (Lipinski definition) is 3. The topological polar surface area (TPSA) is 50.4 Å². The fourth-order valence-electron chi connectivity index (χ4n) is 2.00. The van der Waals surface area contributed by atoms with Crippen LogP contribution in [0.3, 0.4) is 0 Å². The number of carbonyl (C=O) groups is 1. The standard InChI is InChI=1S/C13H14BrF3N2O2.ClH/c14-9-3-8(13(15,16)17)4-10(5-9)19-12(20)6-11-7-18-1-2-21-11;/h3-5,11,18H,1-2,6-7H2,(H,19,20);1H. The average molecular weight is 404 g/mol. The molecule has 1 aromatic rings. The highest BCUT2D eigenvalue weighted by molar-refractivity contribution is 9.10. The van der Waals surface area contributed by atoms with E-state index in [1.807, 2.05) is 0 Å². The van der Waals surface area contributed by atoms with Crippen LogP contribution in [0.4, 0.5) is 18.9 Å². The summed E-state index contributed by atoms with van der Waals surface area (Å²) >= 11 is 3.01. The summed E-state index contributed by atoms with van der Waals surface area (Å²) in [5.41, 5.74) is -0.715. The zero-order valence-corrected chi connectivity index (χ0v) is 13.8. The van der Waals surface area contributed by atoms with Crippen molar-refractivity contribution in [3.63, 3.8) is 0 Å². The molecule has 1 heterocycles. The van der Waals surface area contributed by atoms with Crippen molar-refractivity contribution in [1.29, 1.82) is 0 Å². The molecule has 22 heavy (non-hydrogen) atoms. The summed E-state index contributed by atoms with van der Waals surface area (Å²) in [6.45, 7) is 1.81. The molecule has 124 valence electrons. The molecule has 0 radical (unpaired) electrons. The molecule has 1 unspecified atom stereocenters. The first kappa shape index (κ1) is 19.2. The van der Waals surface area contributed by atoms with Crippen LogP contribution >= 0.6 is 28.3 Å². The van der Waals surface area contributed by atoms with Gasteiger partial charge in [0.05, 0.1) is 24.7 Å². The zero-order valence-electron chi connectivity index (χ0n) is 11.4. The van der Waals surface area contributed by atoms with Crippen molar-refractivity contribution in [2.24, 2.45) is 0 Å². The molecule has 2 N–H and O–H groups in total. The van der Waals surface area contributed by atoms with E-state index in [9.17, 15) is 18.0 Å². The second-order valence-corrected chi connectivity index (χ2v) is 5.59. The third-order valence-corrected chi connectivity index (χ3v) is 3.38. The summed E-state index contributed by atoms with van der Waals surface area (Å²) < 4.78 is 43.7. The average Bonchev–Trinajstić information content (AvgIpc) is 2.37. The van der Waals surface area contributed by atoms with E-state index in [1.54, 1.807) is 0 Å². The fraction of sp³-hybridized carbons (Fsp3) is 0.462. The minimum Gasteiger partial charge on any atom is -0.375 e. The van der Waals surface area contributed by atoms with E-state index in [1.165, 1.54) is 6.07 Å². The molecule has 0 spiro atoms. The van der Waals surface area contributed by atoms with Crippen LogP contribution in [0.2, 0.25) is 0 Å². The lowest BCUT2D eigenvalue weighted by atomic mass is 10.1. The highest BCUT2D eigenvalue weighted by atomic mass is 79.9. The Balaban J connectivity index is 0.00000242. The van der Waals surface area contributed by atoms with E-state index < -0.39 is 11.7 Å². The van der Waals surface area contributed by atoms with E-state index in [0.717, 1.165) is 18.7 Å². The van der Waals surface area contributed by atoms with Gasteiger partial charge in [-0.05, 0) is 18.2 Å².